The van der Waals surface area contributed by atoms with Gasteiger partial charge in [-0.25, -0.2) is 4.79 Å². The summed E-state index contributed by atoms with van der Waals surface area (Å²) in [5, 5.41) is 18.4. The van der Waals surface area contributed by atoms with E-state index in [1.165, 1.54) is 0 Å². The lowest BCUT2D eigenvalue weighted by Crippen LogP contribution is -2.48. The van der Waals surface area contributed by atoms with Crippen molar-refractivity contribution in [1.82, 2.24) is 4.90 Å². The second-order valence-electron chi connectivity index (χ2n) is 5.95. The van der Waals surface area contributed by atoms with Gasteiger partial charge < -0.3 is 15.1 Å². The zero-order valence-electron chi connectivity index (χ0n) is 13.0. The molecule has 1 saturated heterocycles. The maximum absolute atomic E-state index is 13.0. The molecule has 144 valence electrons. The lowest BCUT2D eigenvalue weighted by atomic mass is 9.72. The third kappa shape index (κ3) is 3.70. The van der Waals surface area contributed by atoms with Gasteiger partial charge in [0.15, 0.2) is 0 Å². The molecule has 1 aliphatic heterocycles. The van der Waals surface area contributed by atoms with E-state index >= 15 is 0 Å². The molecular formula is C15H13F6NO4. The van der Waals surface area contributed by atoms with Crippen LogP contribution in [0.25, 0.3) is 0 Å². The summed E-state index contributed by atoms with van der Waals surface area (Å²) in [7, 11) is 0. The second-order valence-corrected chi connectivity index (χ2v) is 5.95. The number of alkyl halides is 6. The van der Waals surface area contributed by atoms with Crippen LogP contribution in [0.15, 0.2) is 18.2 Å². The molecule has 0 atom stereocenters. The summed E-state index contributed by atoms with van der Waals surface area (Å²) >= 11 is 0. The van der Waals surface area contributed by atoms with E-state index in [4.69, 9.17) is 5.11 Å². The maximum Gasteiger partial charge on any atom is 0.416 e. The fourth-order valence-electron chi connectivity index (χ4n) is 2.94. The van der Waals surface area contributed by atoms with E-state index in [9.17, 15) is 41.0 Å². The number of piperidine rings is 1. The van der Waals surface area contributed by atoms with Crippen molar-refractivity contribution >= 4 is 12.1 Å². The molecular weight excluding hydrogens is 372 g/mol. The number of aliphatic carboxylic acids is 1. The molecule has 1 heterocycles. The van der Waals surface area contributed by atoms with Crippen molar-refractivity contribution in [1.29, 1.82) is 0 Å². The summed E-state index contributed by atoms with van der Waals surface area (Å²) in [5.74, 6) is -1.60. The molecule has 26 heavy (non-hydrogen) atoms. The Labute approximate surface area is 142 Å². The third-order valence-electron chi connectivity index (χ3n) is 4.44. The van der Waals surface area contributed by atoms with Crippen molar-refractivity contribution in [2.75, 3.05) is 13.1 Å². The van der Waals surface area contributed by atoms with Gasteiger partial charge in [0.25, 0.3) is 0 Å². The Morgan fingerprint density at radius 3 is 1.62 bits per heavy atom. The van der Waals surface area contributed by atoms with Gasteiger partial charge in [0.05, 0.1) is 16.5 Å². The van der Waals surface area contributed by atoms with Gasteiger partial charge in [0.1, 0.15) is 0 Å². The quantitative estimate of drug-likeness (QED) is 0.759. The highest BCUT2D eigenvalue weighted by Crippen LogP contribution is 2.42. The Morgan fingerprint density at radius 1 is 0.885 bits per heavy atom. The van der Waals surface area contributed by atoms with Gasteiger partial charge in [0, 0.05) is 13.1 Å². The first-order valence-corrected chi connectivity index (χ1v) is 7.28. The molecule has 1 aliphatic rings. The number of halogens is 6. The summed E-state index contributed by atoms with van der Waals surface area (Å²) in [6, 6.07) is 0.699. The molecule has 1 aromatic rings. The average Bonchev–Trinajstić information content (AvgIpc) is 2.52. The number of hydrogen-bond donors (Lipinski definition) is 2. The number of carbonyl (C=O) groups is 2. The largest absolute Gasteiger partial charge is 0.481 e. The Kier molecular flexibility index (Phi) is 4.86. The van der Waals surface area contributed by atoms with Crippen molar-refractivity contribution in [3.05, 3.63) is 34.9 Å². The van der Waals surface area contributed by atoms with Crippen LogP contribution in [0.1, 0.15) is 29.5 Å². The van der Waals surface area contributed by atoms with E-state index in [-0.39, 0.29) is 19.2 Å². The monoisotopic (exact) mass is 385 g/mol. The van der Waals surface area contributed by atoms with E-state index < -0.39 is 59.4 Å². The fourth-order valence-corrected chi connectivity index (χ4v) is 2.94. The van der Waals surface area contributed by atoms with Crippen LogP contribution >= 0.6 is 0 Å². The zero-order chi connectivity index (χ0) is 19.9. The van der Waals surface area contributed by atoms with Crippen LogP contribution in [0.2, 0.25) is 0 Å². The molecule has 1 aromatic carbocycles. The molecule has 1 amide bonds. The van der Waals surface area contributed by atoms with Crippen molar-refractivity contribution in [3.63, 3.8) is 0 Å². The summed E-state index contributed by atoms with van der Waals surface area (Å²) in [5.41, 5.74) is -5.89. The SMILES string of the molecule is O=C(O)N1CCC(C(=O)O)(c2cc(C(F)(F)F)cc(C(F)(F)F)c2)CC1. The van der Waals surface area contributed by atoms with Crippen LogP contribution in [-0.2, 0) is 22.6 Å². The van der Waals surface area contributed by atoms with Crippen LogP contribution in [0, 0.1) is 0 Å². The van der Waals surface area contributed by atoms with E-state index in [1.807, 2.05) is 0 Å². The Bertz CT molecular complexity index is 688. The van der Waals surface area contributed by atoms with Crippen LogP contribution in [0.4, 0.5) is 31.1 Å². The molecule has 0 radical (unpaired) electrons. The minimum atomic E-state index is -5.10. The third-order valence-corrected chi connectivity index (χ3v) is 4.44. The number of carboxylic acid groups (broad SMARTS) is 2. The molecule has 2 rings (SSSR count). The lowest BCUT2D eigenvalue weighted by Gasteiger charge is -2.38. The number of hydrogen-bond acceptors (Lipinski definition) is 2. The number of amides is 1. The molecule has 5 nitrogen and oxygen atoms in total. The van der Waals surface area contributed by atoms with Crippen molar-refractivity contribution in [2.45, 2.75) is 30.6 Å². The van der Waals surface area contributed by atoms with Crippen LogP contribution < -0.4 is 0 Å². The van der Waals surface area contributed by atoms with Gasteiger partial charge in [-0.05, 0) is 36.6 Å². The molecule has 0 unspecified atom stereocenters. The van der Waals surface area contributed by atoms with Crippen LogP contribution in [0.5, 0.6) is 0 Å². The highest BCUT2D eigenvalue weighted by Gasteiger charge is 2.46. The molecule has 0 saturated carbocycles. The van der Waals surface area contributed by atoms with Gasteiger partial charge in [-0.1, -0.05) is 0 Å². The van der Waals surface area contributed by atoms with E-state index in [0.29, 0.717) is 12.1 Å². The Balaban J connectivity index is 2.59. The topological polar surface area (TPSA) is 77.8 Å². The molecule has 2 N–H and O–H groups in total. The summed E-state index contributed by atoms with van der Waals surface area (Å²) in [6.45, 7) is -0.640. The highest BCUT2D eigenvalue weighted by atomic mass is 19.4. The predicted molar refractivity (Wildman–Crippen MR) is 74.6 cm³/mol. The van der Waals surface area contributed by atoms with Crippen molar-refractivity contribution < 1.29 is 46.1 Å². The first-order valence-electron chi connectivity index (χ1n) is 7.28. The molecule has 0 bridgehead atoms. The summed E-state index contributed by atoms with van der Waals surface area (Å²) < 4.78 is 78.0. The van der Waals surface area contributed by atoms with Gasteiger partial charge in [-0.15, -0.1) is 0 Å². The minimum absolute atomic E-state index is 0.0779. The number of rotatable bonds is 2. The van der Waals surface area contributed by atoms with E-state index in [1.54, 1.807) is 0 Å². The Hall–Kier alpha value is -2.46. The molecule has 0 aliphatic carbocycles. The highest BCUT2D eigenvalue weighted by molar-refractivity contribution is 5.82. The number of likely N-dealkylation sites (tertiary alicyclic amines) is 1. The predicted octanol–water partition coefficient (Wildman–Crippen LogP) is 3.82. The second kappa shape index (κ2) is 6.36. The number of carboxylic acids is 1. The van der Waals surface area contributed by atoms with Crippen LogP contribution in [-0.4, -0.2) is 40.3 Å². The maximum atomic E-state index is 13.0. The summed E-state index contributed by atoms with van der Waals surface area (Å²) in [6.07, 6.45) is -12.4. The van der Waals surface area contributed by atoms with Crippen LogP contribution in [0.3, 0.4) is 0 Å². The molecule has 0 aromatic heterocycles. The fraction of sp³-hybridized carbons (Fsp3) is 0.467. The minimum Gasteiger partial charge on any atom is -0.481 e. The van der Waals surface area contributed by atoms with E-state index in [0.717, 1.165) is 4.90 Å². The van der Waals surface area contributed by atoms with Gasteiger partial charge >= 0.3 is 24.4 Å². The lowest BCUT2D eigenvalue weighted by molar-refractivity contribution is -0.148. The number of benzene rings is 1. The number of nitrogens with zero attached hydrogens (tertiary/aromatic N) is 1. The normalized spacial score (nSPS) is 17.8. The first-order chi connectivity index (χ1) is 11.8. The molecule has 0 spiro atoms. The van der Waals surface area contributed by atoms with Gasteiger partial charge in [0.2, 0.25) is 0 Å². The van der Waals surface area contributed by atoms with Crippen molar-refractivity contribution in [3.8, 4) is 0 Å². The van der Waals surface area contributed by atoms with E-state index in [2.05, 4.69) is 0 Å². The summed E-state index contributed by atoms with van der Waals surface area (Å²) in [4.78, 5) is 23.5. The van der Waals surface area contributed by atoms with Gasteiger partial charge in [-0.2, -0.15) is 26.3 Å². The smallest absolute Gasteiger partial charge is 0.416 e. The molecule has 11 heteroatoms. The zero-order valence-corrected chi connectivity index (χ0v) is 13.0. The Morgan fingerprint density at radius 2 is 1.31 bits per heavy atom. The first kappa shape index (κ1) is 19.9. The standard InChI is InChI=1S/C15H13F6NO4/c16-14(17,18)9-5-8(6-10(7-9)15(19,20)21)13(11(23)24)1-3-22(4-2-13)12(25)26/h5-7H,1-4H2,(H,23,24)(H,25,26). The van der Waals surface area contributed by atoms with Crippen molar-refractivity contribution in [2.24, 2.45) is 0 Å². The average molecular weight is 385 g/mol. The van der Waals surface area contributed by atoms with Gasteiger partial charge in [-0.3, -0.25) is 4.79 Å². The molecule has 1 fully saturated rings.